The number of anilines is 2. The molecule has 0 unspecified atom stereocenters. The number of rotatable bonds is 7. The maximum Gasteiger partial charge on any atom is 0.263 e. The van der Waals surface area contributed by atoms with Gasteiger partial charge in [0.05, 0.1) is 19.9 Å². The third-order valence-corrected chi connectivity index (χ3v) is 4.70. The minimum atomic E-state index is -0.298. The third-order valence-electron chi connectivity index (χ3n) is 3.90. The Hall–Kier alpha value is -3.06. The van der Waals surface area contributed by atoms with E-state index >= 15 is 0 Å². The van der Waals surface area contributed by atoms with Crippen LogP contribution < -0.4 is 20.1 Å². The van der Waals surface area contributed by atoms with Crippen molar-refractivity contribution < 1.29 is 14.3 Å². The van der Waals surface area contributed by atoms with Crippen LogP contribution in [0, 0.1) is 0 Å². The molecule has 0 saturated carbocycles. The molecule has 0 radical (unpaired) electrons. The van der Waals surface area contributed by atoms with Gasteiger partial charge in [0.1, 0.15) is 17.1 Å². The molecule has 1 heterocycles. The van der Waals surface area contributed by atoms with Gasteiger partial charge in [0.25, 0.3) is 5.91 Å². The molecular formula is C20H21N3O3S. The lowest BCUT2D eigenvalue weighted by atomic mass is 10.1. The predicted octanol–water partition coefficient (Wildman–Crippen LogP) is 4.51. The highest BCUT2D eigenvalue weighted by molar-refractivity contribution is 7.14. The Balaban J connectivity index is 1.85. The van der Waals surface area contributed by atoms with Crippen LogP contribution in [0.15, 0.2) is 47.8 Å². The summed E-state index contributed by atoms with van der Waals surface area (Å²) in [6.45, 7) is 2.85. The molecular weight excluding hydrogens is 362 g/mol. The molecule has 0 atom stereocenters. The zero-order valence-corrected chi connectivity index (χ0v) is 16.2. The Morgan fingerprint density at radius 3 is 2.48 bits per heavy atom. The molecule has 1 aromatic heterocycles. The first kappa shape index (κ1) is 18.7. The summed E-state index contributed by atoms with van der Waals surface area (Å²) in [5.41, 5.74) is 2.82. The van der Waals surface area contributed by atoms with Crippen LogP contribution in [-0.2, 0) is 0 Å². The summed E-state index contributed by atoms with van der Waals surface area (Å²) in [7, 11) is 3.05. The average molecular weight is 383 g/mol. The van der Waals surface area contributed by atoms with Crippen molar-refractivity contribution in [2.24, 2.45) is 0 Å². The van der Waals surface area contributed by atoms with Crippen molar-refractivity contribution >= 4 is 28.1 Å². The van der Waals surface area contributed by atoms with E-state index in [-0.39, 0.29) is 5.91 Å². The van der Waals surface area contributed by atoms with Crippen molar-refractivity contribution in [3.63, 3.8) is 0 Å². The van der Waals surface area contributed by atoms with E-state index in [4.69, 9.17) is 9.47 Å². The largest absolute Gasteiger partial charge is 0.496 e. The molecule has 0 aliphatic carbocycles. The number of nitrogens with one attached hydrogen (secondary N) is 2. The molecule has 0 aliphatic rings. The molecule has 0 fully saturated rings. The number of carbonyl (C=O) groups excluding carboxylic acids is 1. The fourth-order valence-electron chi connectivity index (χ4n) is 2.66. The Morgan fingerprint density at radius 1 is 1.11 bits per heavy atom. The summed E-state index contributed by atoms with van der Waals surface area (Å²) in [5, 5.41) is 8.98. The number of amides is 1. The highest BCUT2D eigenvalue weighted by atomic mass is 32.1. The molecule has 2 N–H and O–H groups in total. The van der Waals surface area contributed by atoms with E-state index in [1.807, 2.05) is 36.6 Å². The van der Waals surface area contributed by atoms with E-state index < -0.39 is 0 Å². The number of hydrogen-bond donors (Lipinski definition) is 2. The van der Waals surface area contributed by atoms with Crippen LogP contribution in [0.1, 0.15) is 17.3 Å². The van der Waals surface area contributed by atoms with E-state index in [9.17, 15) is 4.79 Å². The number of ether oxygens (including phenoxy) is 2. The van der Waals surface area contributed by atoms with Crippen LogP contribution in [0.3, 0.4) is 0 Å². The van der Waals surface area contributed by atoms with Gasteiger partial charge in [-0.3, -0.25) is 4.79 Å². The first-order valence-corrected chi connectivity index (χ1v) is 9.36. The van der Waals surface area contributed by atoms with Gasteiger partial charge in [-0.25, -0.2) is 4.98 Å². The number of aromatic nitrogens is 1. The quantitative estimate of drug-likeness (QED) is 0.628. The summed E-state index contributed by atoms with van der Waals surface area (Å²) in [4.78, 5) is 17.4. The lowest BCUT2D eigenvalue weighted by Gasteiger charge is -2.13. The van der Waals surface area contributed by atoms with Crippen molar-refractivity contribution in [1.29, 1.82) is 0 Å². The standard InChI is InChI=1S/C20H21N3O3S/c1-4-21-20-23-15(12-27-20)13-7-5-8-14(11-13)22-19(24)18-16(25-2)9-6-10-17(18)26-3/h5-12H,4H2,1-3H3,(H,21,23)(H,22,24). The topological polar surface area (TPSA) is 72.5 Å². The fraction of sp³-hybridized carbons (Fsp3) is 0.200. The van der Waals surface area contributed by atoms with E-state index in [0.717, 1.165) is 22.9 Å². The minimum absolute atomic E-state index is 0.298. The minimum Gasteiger partial charge on any atom is -0.496 e. The van der Waals surface area contributed by atoms with Crippen molar-refractivity contribution in [3.8, 4) is 22.8 Å². The fourth-order valence-corrected chi connectivity index (χ4v) is 3.45. The molecule has 7 heteroatoms. The van der Waals surface area contributed by atoms with Gasteiger partial charge in [-0.1, -0.05) is 18.2 Å². The van der Waals surface area contributed by atoms with E-state index in [2.05, 4.69) is 15.6 Å². The van der Waals surface area contributed by atoms with Gasteiger partial charge in [-0.15, -0.1) is 11.3 Å². The summed E-state index contributed by atoms with van der Waals surface area (Å²) < 4.78 is 10.6. The SMILES string of the molecule is CCNc1nc(-c2cccc(NC(=O)c3c(OC)cccc3OC)c2)cs1. The molecule has 6 nitrogen and oxygen atoms in total. The van der Waals surface area contributed by atoms with Gasteiger partial charge < -0.3 is 20.1 Å². The van der Waals surface area contributed by atoms with Crippen molar-refractivity contribution in [2.45, 2.75) is 6.92 Å². The number of carbonyl (C=O) groups is 1. The predicted molar refractivity (Wildman–Crippen MR) is 109 cm³/mol. The van der Waals surface area contributed by atoms with Crippen molar-refractivity contribution in [1.82, 2.24) is 4.98 Å². The van der Waals surface area contributed by atoms with Crippen LogP contribution in [0.2, 0.25) is 0 Å². The Kier molecular flexibility index (Phi) is 5.93. The molecule has 0 spiro atoms. The molecule has 2 aromatic carbocycles. The second-order valence-electron chi connectivity index (χ2n) is 5.64. The van der Waals surface area contributed by atoms with Gasteiger partial charge in [0, 0.05) is 23.2 Å². The van der Waals surface area contributed by atoms with Crippen LogP contribution in [-0.4, -0.2) is 31.7 Å². The Labute approximate surface area is 162 Å². The Morgan fingerprint density at radius 2 is 1.81 bits per heavy atom. The van der Waals surface area contributed by atoms with E-state index in [0.29, 0.717) is 22.7 Å². The van der Waals surface area contributed by atoms with Crippen LogP contribution in [0.25, 0.3) is 11.3 Å². The Bertz CT molecular complexity index is 917. The van der Waals surface area contributed by atoms with Gasteiger partial charge >= 0.3 is 0 Å². The maximum atomic E-state index is 12.8. The highest BCUT2D eigenvalue weighted by Gasteiger charge is 2.18. The molecule has 27 heavy (non-hydrogen) atoms. The lowest BCUT2D eigenvalue weighted by molar-refractivity contribution is 0.102. The van der Waals surface area contributed by atoms with Crippen LogP contribution in [0.4, 0.5) is 10.8 Å². The summed E-state index contributed by atoms with van der Waals surface area (Å²) >= 11 is 1.55. The zero-order valence-electron chi connectivity index (χ0n) is 15.4. The highest BCUT2D eigenvalue weighted by Crippen LogP contribution is 2.30. The van der Waals surface area contributed by atoms with Gasteiger partial charge in [-0.05, 0) is 31.2 Å². The number of hydrogen-bond acceptors (Lipinski definition) is 6. The van der Waals surface area contributed by atoms with Crippen molar-refractivity contribution in [3.05, 3.63) is 53.4 Å². The molecule has 140 valence electrons. The lowest BCUT2D eigenvalue weighted by Crippen LogP contribution is -2.14. The maximum absolute atomic E-state index is 12.8. The van der Waals surface area contributed by atoms with Gasteiger partial charge in [-0.2, -0.15) is 0 Å². The number of nitrogens with zero attached hydrogens (tertiary/aromatic N) is 1. The molecule has 3 rings (SSSR count). The molecule has 0 aliphatic heterocycles. The number of methoxy groups -OCH3 is 2. The third kappa shape index (κ3) is 4.20. The van der Waals surface area contributed by atoms with E-state index in [1.54, 1.807) is 29.5 Å². The van der Waals surface area contributed by atoms with Crippen LogP contribution in [0.5, 0.6) is 11.5 Å². The first-order chi connectivity index (χ1) is 13.2. The summed E-state index contributed by atoms with van der Waals surface area (Å²) in [5.74, 6) is 0.614. The molecule has 1 amide bonds. The molecule has 0 bridgehead atoms. The van der Waals surface area contributed by atoms with Crippen LogP contribution >= 0.6 is 11.3 Å². The summed E-state index contributed by atoms with van der Waals surface area (Å²) in [6.07, 6.45) is 0. The smallest absolute Gasteiger partial charge is 0.263 e. The second kappa shape index (κ2) is 8.55. The van der Waals surface area contributed by atoms with Gasteiger partial charge in [0.2, 0.25) is 0 Å². The molecule has 3 aromatic rings. The zero-order chi connectivity index (χ0) is 19.2. The van der Waals surface area contributed by atoms with E-state index in [1.165, 1.54) is 14.2 Å². The molecule has 0 saturated heterocycles. The first-order valence-electron chi connectivity index (χ1n) is 8.48. The number of thiazole rings is 1. The monoisotopic (exact) mass is 383 g/mol. The summed E-state index contributed by atoms with van der Waals surface area (Å²) in [6, 6.07) is 12.8. The van der Waals surface area contributed by atoms with Crippen molar-refractivity contribution in [2.75, 3.05) is 31.4 Å². The number of benzene rings is 2. The normalized spacial score (nSPS) is 10.3. The second-order valence-corrected chi connectivity index (χ2v) is 6.50. The average Bonchev–Trinajstić information content (AvgIpc) is 3.16. The van der Waals surface area contributed by atoms with Gasteiger partial charge in [0.15, 0.2) is 5.13 Å².